The number of aromatic nitrogens is 1. The Labute approximate surface area is 117 Å². The van der Waals surface area contributed by atoms with Crippen molar-refractivity contribution in [2.75, 3.05) is 5.73 Å². The molecule has 2 aromatic rings. The first kappa shape index (κ1) is 12.8. The van der Waals surface area contributed by atoms with Gasteiger partial charge in [-0.15, -0.1) is 11.3 Å². The van der Waals surface area contributed by atoms with Crippen molar-refractivity contribution >= 4 is 51.3 Å². The molecule has 2 rings (SSSR count). The summed E-state index contributed by atoms with van der Waals surface area (Å²) in [5.74, 6) is 0.465. The summed E-state index contributed by atoms with van der Waals surface area (Å²) < 4.78 is 5.49. The van der Waals surface area contributed by atoms with Crippen molar-refractivity contribution in [2.24, 2.45) is 0 Å². The van der Waals surface area contributed by atoms with E-state index in [-0.39, 0.29) is 6.61 Å². The highest BCUT2D eigenvalue weighted by molar-refractivity contribution is 7.13. The summed E-state index contributed by atoms with van der Waals surface area (Å²) in [7, 11) is 0. The Bertz CT molecular complexity index is 544. The smallest absolute Gasteiger partial charge is 0.180 e. The molecule has 0 amide bonds. The zero-order valence-corrected chi connectivity index (χ0v) is 11.5. The Morgan fingerprint density at radius 3 is 2.53 bits per heavy atom. The fourth-order valence-corrected chi connectivity index (χ4v) is 2.29. The van der Waals surface area contributed by atoms with E-state index in [1.54, 1.807) is 6.07 Å². The zero-order chi connectivity index (χ0) is 12.4. The number of rotatable bonds is 3. The zero-order valence-electron chi connectivity index (χ0n) is 8.41. The van der Waals surface area contributed by atoms with Gasteiger partial charge in [-0.3, -0.25) is 0 Å². The van der Waals surface area contributed by atoms with Crippen molar-refractivity contribution in [3.63, 3.8) is 0 Å². The SMILES string of the molecule is Nc1nc(COc2cc(Cl)c(Cl)cc2Cl)cs1. The van der Waals surface area contributed by atoms with Gasteiger partial charge in [0.1, 0.15) is 12.4 Å². The van der Waals surface area contributed by atoms with Gasteiger partial charge in [0.2, 0.25) is 0 Å². The van der Waals surface area contributed by atoms with Crippen LogP contribution >= 0.6 is 46.1 Å². The molecule has 3 nitrogen and oxygen atoms in total. The van der Waals surface area contributed by atoms with E-state index < -0.39 is 0 Å². The number of hydrogen-bond acceptors (Lipinski definition) is 4. The largest absolute Gasteiger partial charge is 0.486 e. The lowest BCUT2D eigenvalue weighted by molar-refractivity contribution is 0.302. The number of anilines is 1. The van der Waals surface area contributed by atoms with E-state index in [2.05, 4.69) is 4.98 Å². The minimum atomic E-state index is 0.283. The molecule has 0 fully saturated rings. The summed E-state index contributed by atoms with van der Waals surface area (Å²) >= 11 is 19.0. The van der Waals surface area contributed by atoms with Crippen LogP contribution in [0.25, 0.3) is 0 Å². The van der Waals surface area contributed by atoms with Crippen LogP contribution in [0.1, 0.15) is 5.69 Å². The Morgan fingerprint density at radius 2 is 1.88 bits per heavy atom. The number of halogens is 3. The van der Waals surface area contributed by atoms with E-state index in [0.717, 1.165) is 5.69 Å². The number of nitrogen functional groups attached to an aromatic ring is 1. The highest BCUT2D eigenvalue weighted by Gasteiger charge is 2.08. The Morgan fingerprint density at radius 1 is 1.18 bits per heavy atom. The molecule has 2 N–H and O–H groups in total. The van der Waals surface area contributed by atoms with Crippen molar-refractivity contribution in [2.45, 2.75) is 6.61 Å². The summed E-state index contributed by atoms with van der Waals surface area (Å²) in [5, 5.41) is 3.51. The molecular weight excluding hydrogens is 303 g/mol. The van der Waals surface area contributed by atoms with E-state index in [1.807, 2.05) is 5.38 Å². The lowest BCUT2D eigenvalue weighted by atomic mass is 10.3. The van der Waals surface area contributed by atoms with Gasteiger partial charge in [-0.1, -0.05) is 34.8 Å². The molecule has 1 aromatic heterocycles. The molecule has 0 atom stereocenters. The number of hydrogen-bond donors (Lipinski definition) is 1. The molecule has 0 aliphatic rings. The van der Waals surface area contributed by atoms with Crippen LogP contribution in [-0.4, -0.2) is 4.98 Å². The molecule has 0 saturated heterocycles. The summed E-state index contributed by atoms with van der Waals surface area (Å²) in [6.45, 7) is 0.283. The van der Waals surface area contributed by atoms with E-state index >= 15 is 0 Å². The second-order valence-corrected chi connectivity index (χ2v) is 5.27. The van der Waals surface area contributed by atoms with Crippen LogP contribution in [0, 0.1) is 0 Å². The van der Waals surface area contributed by atoms with Crippen LogP contribution in [0.2, 0.25) is 15.1 Å². The average Bonchev–Trinajstić information content (AvgIpc) is 2.68. The van der Waals surface area contributed by atoms with Crippen LogP contribution in [0.15, 0.2) is 17.5 Å². The predicted octanol–water partition coefficient (Wildman–Crippen LogP) is 4.26. The molecule has 0 aliphatic carbocycles. The van der Waals surface area contributed by atoms with Crippen LogP contribution in [-0.2, 0) is 6.61 Å². The van der Waals surface area contributed by atoms with E-state index in [4.69, 9.17) is 45.3 Å². The fourth-order valence-electron chi connectivity index (χ4n) is 1.16. The van der Waals surface area contributed by atoms with Gasteiger partial charge in [0.25, 0.3) is 0 Å². The first-order chi connectivity index (χ1) is 8.06. The van der Waals surface area contributed by atoms with Gasteiger partial charge >= 0.3 is 0 Å². The van der Waals surface area contributed by atoms with E-state index in [1.165, 1.54) is 17.4 Å². The quantitative estimate of drug-likeness (QED) is 0.862. The summed E-state index contributed by atoms with van der Waals surface area (Å²) in [4.78, 5) is 4.06. The van der Waals surface area contributed by atoms with Gasteiger partial charge < -0.3 is 10.5 Å². The molecule has 17 heavy (non-hydrogen) atoms. The van der Waals surface area contributed by atoms with Crippen LogP contribution in [0.4, 0.5) is 5.13 Å². The fraction of sp³-hybridized carbons (Fsp3) is 0.100. The second kappa shape index (κ2) is 5.31. The van der Waals surface area contributed by atoms with Crippen molar-refractivity contribution in [1.29, 1.82) is 0 Å². The van der Waals surface area contributed by atoms with Crippen LogP contribution in [0.3, 0.4) is 0 Å². The van der Waals surface area contributed by atoms with E-state index in [0.29, 0.717) is 25.9 Å². The van der Waals surface area contributed by atoms with Crippen LogP contribution < -0.4 is 10.5 Å². The number of benzene rings is 1. The van der Waals surface area contributed by atoms with E-state index in [9.17, 15) is 0 Å². The standard InChI is InChI=1S/C10H7Cl3N2OS/c11-6-1-8(13)9(2-7(6)12)16-3-5-4-17-10(14)15-5/h1-2,4H,3H2,(H2,14,15). The molecule has 0 radical (unpaired) electrons. The molecule has 1 heterocycles. The van der Waals surface area contributed by atoms with Gasteiger partial charge in [0, 0.05) is 11.4 Å². The van der Waals surface area contributed by atoms with Crippen molar-refractivity contribution < 1.29 is 4.74 Å². The molecule has 0 bridgehead atoms. The minimum Gasteiger partial charge on any atom is -0.486 e. The van der Waals surface area contributed by atoms with Crippen molar-refractivity contribution in [3.8, 4) is 5.75 Å². The summed E-state index contributed by atoms with van der Waals surface area (Å²) in [5.41, 5.74) is 6.25. The lowest BCUT2D eigenvalue weighted by Gasteiger charge is -2.07. The molecule has 7 heteroatoms. The summed E-state index contributed by atoms with van der Waals surface area (Å²) in [6, 6.07) is 3.11. The maximum Gasteiger partial charge on any atom is 0.180 e. The topological polar surface area (TPSA) is 48.1 Å². The number of thiazole rings is 1. The molecule has 0 saturated carbocycles. The minimum absolute atomic E-state index is 0.283. The van der Waals surface area contributed by atoms with Gasteiger partial charge in [-0.05, 0) is 6.07 Å². The highest BCUT2D eigenvalue weighted by Crippen LogP contribution is 2.34. The Kier molecular flexibility index (Phi) is 3.99. The van der Waals surface area contributed by atoms with Gasteiger partial charge in [0.15, 0.2) is 5.13 Å². The lowest BCUT2D eigenvalue weighted by Crippen LogP contribution is -1.97. The molecule has 90 valence electrons. The maximum absolute atomic E-state index is 5.96. The Hall–Kier alpha value is -0.680. The molecule has 0 aliphatic heterocycles. The van der Waals surface area contributed by atoms with Gasteiger partial charge in [-0.2, -0.15) is 0 Å². The first-order valence-corrected chi connectivity index (χ1v) is 6.55. The normalized spacial score (nSPS) is 10.5. The molecular formula is C10H7Cl3N2OS. The predicted molar refractivity (Wildman–Crippen MR) is 72.3 cm³/mol. The Balaban J connectivity index is 2.11. The molecule has 1 aromatic carbocycles. The van der Waals surface area contributed by atoms with Crippen LogP contribution in [0.5, 0.6) is 5.75 Å². The number of nitrogens with zero attached hydrogens (tertiary/aromatic N) is 1. The molecule has 0 spiro atoms. The monoisotopic (exact) mass is 308 g/mol. The second-order valence-electron chi connectivity index (χ2n) is 3.16. The molecule has 0 unspecified atom stereocenters. The van der Waals surface area contributed by atoms with Crippen molar-refractivity contribution in [3.05, 3.63) is 38.3 Å². The highest BCUT2D eigenvalue weighted by atomic mass is 35.5. The number of nitrogens with two attached hydrogens (primary N) is 1. The van der Waals surface area contributed by atoms with Gasteiger partial charge in [-0.25, -0.2) is 4.98 Å². The average molecular weight is 310 g/mol. The third kappa shape index (κ3) is 3.16. The van der Waals surface area contributed by atoms with Gasteiger partial charge in [0.05, 0.1) is 20.8 Å². The first-order valence-electron chi connectivity index (χ1n) is 4.53. The summed E-state index contributed by atoms with van der Waals surface area (Å²) in [6.07, 6.45) is 0. The maximum atomic E-state index is 5.96. The van der Waals surface area contributed by atoms with Crippen molar-refractivity contribution in [1.82, 2.24) is 4.98 Å². The number of ether oxygens (including phenoxy) is 1. The third-order valence-corrected chi connectivity index (χ3v) is 3.66. The third-order valence-electron chi connectivity index (χ3n) is 1.92.